The molecule has 0 saturated carbocycles. The van der Waals surface area contributed by atoms with Crippen LogP contribution in [0.25, 0.3) is 0 Å². The number of hydrogen-bond donors (Lipinski definition) is 0. The van der Waals surface area contributed by atoms with E-state index in [1.807, 2.05) is 32.9 Å². The van der Waals surface area contributed by atoms with Crippen LogP contribution in [0.5, 0.6) is 0 Å². The Kier molecular flexibility index (Phi) is 16.8. The van der Waals surface area contributed by atoms with Crippen molar-refractivity contribution in [1.29, 1.82) is 0 Å². The molecule has 37 heavy (non-hydrogen) atoms. The fourth-order valence-corrected chi connectivity index (χ4v) is 6.14. The topological polar surface area (TPSA) is 88.1 Å². The maximum Gasteiger partial charge on any atom is 0.361 e. The molecule has 0 aliphatic rings. The van der Waals surface area contributed by atoms with Gasteiger partial charge in [0.2, 0.25) is 0 Å². The summed E-state index contributed by atoms with van der Waals surface area (Å²) in [5.41, 5.74) is 2.95. The van der Waals surface area contributed by atoms with Crippen molar-refractivity contribution < 1.29 is 32.7 Å². The van der Waals surface area contributed by atoms with E-state index in [2.05, 4.69) is 13.2 Å². The molecule has 0 aromatic heterocycles. The minimum atomic E-state index is -3.46. The van der Waals surface area contributed by atoms with Gasteiger partial charge in [0.05, 0.1) is 31.7 Å². The van der Waals surface area contributed by atoms with Gasteiger partial charge < -0.3 is 18.5 Å². The molecule has 208 valence electrons. The lowest BCUT2D eigenvalue weighted by atomic mass is 10.1. The van der Waals surface area contributed by atoms with E-state index < -0.39 is 19.5 Å². The van der Waals surface area contributed by atoms with Crippen LogP contribution in [0, 0.1) is 20.8 Å². The molecule has 8 heteroatoms. The van der Waals surface area contributed by atoms with E-state index in [0.717, 1.165) is 80.9 Å². The number of rotatable bonds is 21. The Labute approximate surface area is 223 Å². The van der Waals surface area contributed by atoms with Crippen molar-refractivity contribution in [3.05, 3.63) is 54.1 Å². The number of carbonyl (C=O) groups excluding carboxylic acids is 2. The molecule has 1 aromatic rings. The summed E-state index contributed by atoms with van der Waals surface area (Å²) in [5, 5.41) is 0.672. The van der Waals surface area contributed by atoms with Crippen LogP contribution in [0.4, 0.5) is 0 Å². The van der Waals surface area contributed by atoms with E-state index in [9.17, 15) is 14.2 Å². The Hall–Kier alpha value is -2.21. The van der Waals surface area contributed by atoms with Crippen LogP contribution in [0.3, 0.4) is 0 Å². The highest BCUT2D eigenvalue weighted by atomic mass is 31.2. The molecule has 7 nitrogen and oxygen atoms in total. The number of aryl methyl sites for hydroxylation is 3. The number of hydrogen-bond acceptors (Lipinski definition) is 7. The van der Waals surface area contributed by atoms with Gasteiger partial charge >= 0.3 is 19.5 Å². The lowest BCUT2D eigenvalue weighted by molar-refractivity contribution is -0.138. The van der Waals surface area contributed by atoms with Crippen molar-refractivity contribution in [3.63, 3.8) is 0 Å². The quantitative estimate of drug-likeness (QED) is 0.0737. The van der Waals surface area contributed by atoms with Gasteiger partial charge in [0.1, 0.15) is 0 Å². The summed E-state index contributed by atoms with van der Waals surface area (Å²) in [6.45, 7) is 14.2. The summed E-state index contributed by atoms with van der Waals surface area (Å²) < 4.78 is 35.9. The first kappa shape index (κ1) is 32.8. The standard InChI is InChI=1S/C29H45O7P/c1-6-27(30)33-18-14-10-8-12-16-20-35-37(32,29-25(4)22-24(3)23-26(29)5)36-21-17-13-9-11-15-19-34-28(31)7-2/h6-7,22-23H,1-2,8-21H2,3-5H3. The lowest BCUT2D eigenvalue weighted by Crippen LogP contribution is -2.18. The Bertz CT molecular complexity index is 845. The molecule has 0 spiro atoms. The SMILES string of the molecule is C=CC(=O)OCCCCCCCOP(=O)(OCCCCCCCOC(=O)C=C)c1c(C)cc(C)cc1C. The van der Waals surface area contributed by atoms with E-state index in [1.165, 1.54) is 12.2 Å². The van der Waals surface area contributed by atoms with E-state index in [0.29, 0.717) is 31.7 Å². The molecule has 1 rings (SSSR count). The molecule has 0 bridgehead atoms. The third-order valence-electron chi connectivity index (χ3n) is 5.83. The smallest absolute Gasteiger partial charge is 0.361 e. The summed E-state index contributed by atoms with van der Waals surface area (Å²) >= 11 is 0. The predicted molar refractivity (Wildman–Crippen MR) is 148 cm³/mol. The molecule has 0 fully saturated rings. The second-order valence-corrected chi connectivity index (χ2v) is 11.1. The van der Waals surface area contributed by atoms with Gasteiger partial charge in [-0.05, 0) is 57.6 Å². The van der Waals surface area contributed by atoms with Crippen LogP contribution >= 0.6 is 7.60 Å². The molecule has 0 aliphatic carbocycles. The van der Waals surface area contributed by atoms with Crippen LogP contribution < -0.4 is 5.30 Å². The molecule has 0 aliphatic heterocycles. The molecule has 0 radical (unpaired) electrons. The monoisotopic (exact) mass is 536 g/mol. The summed E-state index contributed by atoms with van der Waals surface area (Å²) in [5.74, 6) is -0.783. The Morgan fingerprint density at radius 1 is 0.676 bits per heavy atom. The minimum absolute atomic E-state index is 0.360. The normalized spacial score (nSPS) is 11.2. The highest BCUT2D eigenvalue weighted by molar-refractivity contribution is 7.62. The first-order chi connectivity index (χ1) is 17.7. The maximum absolute atomic E-state index is 13.9. The summed E-state index contributed by atoms with van der Waals surface area (Å²) in [4.78, 5) is 22.1. The fraction of sp³-hybridized carbons (Fsp3) is 0.586. The van der Waals surface area contributed by atoms with Crippen molar-refractivity contribution in [1.82, 2.24) is 0 Å². The number of ether oxygens (including phenoxy) is 2. The molecule has 1 aromatic carbocycles. The van der Waals surface area contributed by atoms with Crippen molar-refractivity contribution in [3.8, 4) is 0 Å². The van der Waals surface area contributed by atoms with E-state index in [1.54, 1.807) is 0 Å². The molecule has 0 saturated heterocycles. The zero-order valence-corrected chi connectivity index (χ0v) is 23.8. The van der Waals surface area contributed by atoms with E-state index in [-0.39, 0.29) is 0 Å². The summed E-state index contributed by atoms with van der Waals surface area (Å²) in [6.07, 6.45) is 11.2. The molecule has 0 heterocycles. The van der Waals surface area contributed by atoms with Crippen molar-refractivity contribution in [2.75, 3.05) is 26.4 Å². The molecule has 0 unspecified atom stereocenters. The molecule has 0 N–H and O–H groups in total. The average Bonchev–Trinajstić information content (AvgIpc) is 2.85. The van der Waals surface area contributed by atoms with Gasteiger partial charge in [-0.3, -0.25) is 4.57 Å². The highest BCUT2D eigenvalue weighted by Crippen LogP contribution is 2.49. The van der Waals surface area contributed by atoms with Gasteiger partial charge in [0.15, 0.2) is 0 Å². The van der Waals surface area contributed by atoms with Gasteiger partial charge in [-0.2, -0.15) is 0 Å². The van der Waals surface area contributed by atoms with Crippen LogP contribution in [0.2, 0.25) is 0 Å². The third kappa shape index (κ3) is 13.8. The summed E-state index contributed by atoms with van der Waals surface area (Å²) in [7, 11) is -3.46. The first-order valence-electron chi connectivity index (χ1n) is 13.3. The van der Waals surface area contributed by atoms with Crippen molar-refractivity contribution in [2.24, 2.45) is 0 Å². The zero-order chi connectivity index (χ0) is 27.5. The largest absolute Gasteiger partial charge is 0.463 e. The second kappa shape index (κ2) is 18.9. The number of carbonyl (C=O) groups is 2. The van der Waals surface area contributed by atoms with Crippen molar-refractivity contribution >= 4 is 24.8 Å². The average molecular weight is 537 g/mol. The Morgan fingerprint density at radius 2 is 1.03 bits per heavy atom. The van der Waals surface area contributed by atoms with Crippen LogP contribution in [0.15, 0.2) is 37.4 Å². The molecule has 0 atom stereocenters. The van der Waals surface area contributed by atoms with Gasteiger partial charge in [-0.25, -0.2) is 9.59 Å². The maximum atomic E-state index is 13.9. The highest BCUT2D eigenvalue weighted by Gasteiger charge is 2.31. The summed E-state index contributed by atoms with van der Waals surface area (Å²) in [6, 6.07) is 4.03. The minimum Gasteiger partial charge on any atom is -0.463 e. The van der Waals surface area contributed by atoms with Crippen LogP contribution in [-0.4, -0.2) is 38.4 Å². The Morgan fingerprint density at radius 3 is 1.41 bits per heavy atom. The number of unbranched alkanes of at least 4 members (excludes halogenated alkanes) is 8. The Balaban J connectivity index is 2.48. The van der Waals surface area contributed by atoms with Gasteiger partial charge in [0, 0.05) is 12.2 Å². The van der Waals surface area contributed by atoms with Gasteiger partial charge in [-0.1, -0.05) is 69.4 Å². The lowest BCUT2D eigenvalue weighted by Gasteiger charge is -2.23. The third-order valence-corrected chi connectivity index (χ3v) is 8.13. The zero-order valence-electron chi connectivity index (χ0n) is 22.9. The van der Waals surface area contributed by atoms with Crippen molar-refractivity contribution in [2.45, 2.75) is 85.0 Å². The van der Waals surface area contributed by atoms with Gasteiger partial charge in [-0.15, -0.1) is 0 Å². The first-order valence-corrected chi connectivity index (χ1v) is 14.8. The second-order valence-electron chi connectivity index (χ2n) is 9.19. The fourth-order valence-electron chi connectivity index (χ4n) is 4.07. The molecular formula is C29H45O7P. The van der Waals surface area contributed by atoms with Crippen LogP contribution in [0.1, 0.15) is 80.9 Å². The predicted octanol–water partition coefficient (Wildman–Crippen LogP) is 6.82. The van der Waals surface area contributed by atoms with Crippen LogP contribution in [-0.2, 0) is 32.7 Å². The van der Waals surface area contributed by atoms with Gasteiger partial charge in [0.25, 0.3) is 0 Å². The van der Waals surface area contributed by atoms with E-state index >= 15 is 0 Å². The number of benzene rings is 1. The molecular weight excluding hydrogens is 491 g/mol. The molecule has 0 amide bonds. The van der Waals surface area contributed by atoms with E-state index in [4.69, 9.17) is 18.5 Å². The number of esters is 2.